The van der Waals surface area contributed by atoms with Crippen molar-refractivity contribution in [3.63, 3.8) is 0 Å². The van der Waals surface area contributed by atoms with Crippen LogP contribution in [0.3, 0.4) is 0 Å². The number of sulfonamides is 1. The molecule has 2 heterocycles. The van der Waals surface area contributed by atoms with Gasteiger partial charge in [0, 0.05) is 23.9 Å². The lowest BCUT2D eigenvalue weighted by Gasteiger charge is -2.10. The molecule has 3 aromatic rings. The number of nitrogens with two attached hydrogens (primary N) is 1. The Balaban J connectivity index is 1.98. The van der Waals surface area contributed by atoms with Gasteiger partial charge in [-0.3, -0.25) is 9.82 Å². The first kappa shape index (κ1) is 19.2. The maximum absolute atomic E-state index is 12.6. The van der Waals surface area contributed by atoms with E-state index in [1.54, 1.807) is 43.6 Å². The quantitative estimate of drug-likeness (QED) is 0.531. The summed E-state index contributed by atoms with van der Waals surface area (Å²) in [6, 6.07) is 7.02. The van der Waals surface area contributed by atoms with Crippen molar-refractivity contribution < 1.29 is 8.42 Å². The zero-order chi connectivity index (χ0) is 20.1. The number of aromatic nitrogens is 4. The summed E-state index contributed by atoms with van der Waals surface area (Å²) in [6.07, 6.45) is 11.1. The van der Waals surface area contributed by atoms with Gasteiger partial charge in [-0.2, -0.15) is 13.5 Å². The van der Waals surface area contributed by atoms with Gasteiger partial charge >= 0.3 is 0 Å². The van der Waals surface area contributed by atoms with Crippen LogP contribution in [0, 0.1) is 0 Å². The summed E-state index contributed by atoms with van der Waals surface area (Å²) in [7, 11) is -2.14. The predicted molar refractivity (Wildman–Crippen MR) is 110 cm³/mol. The lowest BCUT2D eigenvalue weighted by atomic mass is 10.0. The number of rotatable bonds is 7. The highest BCUT2D eigenvalue weighted by atomic mass is 32.2. The molecule has 0 radical (unpaired) electrons. The summed E-state index contributed by atoms with van der Waals surface area (Å²) in [4.78, 5) is 3.85. The maximum atomic E-state index is 12.6. The minimum Gasteiger partial charge on any atom is -0.405 e. The highest BCUT2D eigenvalue weighted by molar-refractivity contribution is 7.92. The highest BCUT2D eigenvalue weighted by Gasteiger charge is 2.18. The molecule has 0 unspecified atom stereocenters. The van der Waals surface area contributed by atoms with Crippen molar-refractivity contribution in [3.8, 4) is 11.3 Å². The van der Waals surface area contributed by atoms with E-state index in [1.165, 1.54) is 23.3 Å². The van der Waals surface area contributed by atoms with Crippen LogP contribution in [0.2, 0.25) is 0 Å². The zero-order valence-electron chi connectivity index (χ0n) is 15.2. The fourth-order valence-electron chi connectivity index (χ4n) is 2.74. The fourth-order valence-corrected chi connectivity index (χ4v) is 3.91. The van der Waals surface area contributed by atoms with Gasteiger partial charge in [0.05, 0.1) is 24.4 Å². The third kappa shape index (κ3) is 3.89. The average molecular weight is 396 g/mol. The fraction of sp³-hybridized carbons (Fsp3) is 0.0526. The molecule has 144 valence electrons. The van der Waals surface area contributed by atoms with Crippen LogP contribution in [-0.4, -0.2) is 28.2 Å². The van der Waals surface area contributed by atoms with Crippen molar-refractivity contribution in [1.82, 2.24) is 19.7 Å². The number of aromatic amines is 1. The summed E-state index contributed by atoms with van der Waals surface area (Å²) in [5.74, 6) is 0. The van der Waals surface area contributed by atoms with Crippen LogP contribution in [0.15, 0.2) is 79.0 Å². The Labute approximate surface area is 163 Å². The minimum atomic E-state index is -3.76. The van der Waals surface area contributed by atoms with Crippen molar-refractivity contribution in [3.05, 3.63) is 79.6 Å². The molecule has 0 fully saturated rings. The second-order valence-corrected chi connectivity index (χ2v) is 7.53. The van der Waals surface area contributed by atoms with Crippen LogP contribution in [0.4, 0.5) is 5.69 Å². The number of aryl methyl sites for hydroxylation is 1. The molecule has 0 atom stereocenters. The van der Waals surface area contributed by atoms with Crippen molar-refractivity contribution >= 4 is 21.3 Å². The van der Waals surface area contributed by atoms with Crippen molar-refractivity contribution in [1.29, 1.82) is 0 Å². The number of H-pyrrole nitrogens is 1. The molecule has 0 aliphatic carbocycles. The molecule has 0 amide bonds. The van der Waals surface area contributed by atoms with Crippen LogP contribution in [0.5, 0.6) is 0 Å². The number of hydrogen-bond donors (Lipinski definition) is 3. The molecule has 0 spiro atoms. The standard InChI is InChI=1S/C19H20N6O2S/c1-3-5-14(8-9-20)17-11-22-23-19(17)15-6-4-7-16(10-15)24-28(26,27)18-12-21-13-25(18)2/h3-13,24H,1,20H2,2H3,(H,22,23)/b9-8-,14-5+. The molecule has 0 bridgehead atoms. The van der Waals surface area contributed by atoms with E-state index in [-0.39, 0.29) is 5.03 Å². The Morgan fingerprint density at radius 1 is 1.36 bits per heavy atom. The minimum absolute atomic E-state index is 0.0735. The van der Waals surface area contributed by atoms with Crippen molar-refractivity contribution in [2.75, 3.05) is 4.72 Å². The van der Waals surface area contributed by atoms with E-state index in [0.29, 0.717) is 5.69 Å². The van der Waals surface area contributed by atoms with E-state index in [2.05, 4.69) is 26.5 Å². The van der Waals surface area contributed by atoms with Crippen LogP contribution in [-0.2, 0) is 17.1 Å². The first-order valence-corrected chi connectivity index (χ1v) is 9.79. The van der Waals surface area contributed by atoms with E-state index < -0.39 is 10.0 Å². The van der Waals surface area contributed by atoms with Crippen LogP contribution in [0.25, 0.3) is 16.8 Å². The van der Waals surface area contributed by atoms with Gasteiger partial charge in [0.25, 0.3) is 10.0 Å². The van der Waals surface area contributed by atoms with E-state index in [9.17, 15) is 8.42 Å². The summed E-state index contributed by atoms with van der Waals surface area (Å²) >= 11 is 0. The van der Waals surface area contributed by atoms with E-state index in [1.807, 2.05) is 12.1 Å². The Morgan fingerprint density at radius 3 is 2.86 bits per heavy atom. The summed E-state index contributed by atoms with van der Waals surface area (Å²) < 4.78 is 29.2. The molecule has 4 N–H and O–H groups in total. The number of anilines is 1. The summed E-state index contributed by atoms with van der Waals surface area (Å²) in [5.41, 5.74) is 9.08. The molecule has 0 aliphatic heterocycles. The van der Waals surface area contributed by atoms with Crippen molar-refractivity contribution in [2.45, 2.75) is 5.03 Å². The van der Waals surface area contributed by atoms with Gasteiger partial charge in [0.15, 0.2) is 5.03 Å². The molecule has 0 aliphatic rings. The van der Waals surface area contributed by atoms with Crippen LogP contribution < -0.4 is 10.5 Å². The monoisotopic (exact) mass is 396 g/mol. The normalized spacial score (nSPS) is 12.4. The molecular formula is C19H20N6O2S. The largest absolute Gasteiger partial charge is 0.405 e. The predicted octanol–water partition coefficient (Wildman–Crippen LogP) is 2.65. The second kappa shape index (κ2) is 7.97. The lowest BCUT2D eigenvalue weighted by Crippen LogP contribution is -2.16. The van der Waals surface area contributed by atoms with Gasteiger partial charge in [0.2, 0.25) is 0 Å². The van der Waals surface area contributed by atoms with Gasteiger partial charge in [-0.1, -0.05) is 30.9 Å². The third-order valence-corrected chi connectivity index (χ3v) is 5.42. The third-order valence-electron chi connectivity index (χ3n) is 3.97. The molecule has 28 heavy (non-hydrogen) atoms. The van der Waals surface area contributed by atoms with Crippen molar-refractivity contribution in [2.24, 2.45) is 12.8 Å². The molecule has 0 saturated heterocycles. The Morgan fingerprint density at radius 2 is 2.18 bits per heavy atom. The Kier molecular flexibility index (Phi) is 5.46. The van der Waals surface area contributed by atoms with Crippen LogP contribution in [0.1, 0.15) is 5.56 Å². The topological polar surface area (TPSA) is 119 Å². The molecule has 8 nitrogen and oxygen atoms in total. The molecule has 0 saturated carbocycles. The van der Waals surface area contributed by atoms with Gasteiger partial charge in [-0.25, -0.2) is 4.98 Å². The molecule has 9 heteroatoms. The average Bonchev–Trinajstić information content (AvgIpc) is 3.30. The van der Waals surface area contributed by atoms with E-state index in [0.717, 1.165) is 22.4 Å². The van der Waals surface area contributed by atoms with E-state index in [4.69, 9.17) is 5.73 Å². The number of hydrogen-bond acceptors (Lipinski definition) is 5. The number of imidazole rings is 1. The highest BCUT2D eigenvalue weighted by Crippen LogP contribution is 2.29. The first-order chi connectivity index (χ1) is 13.5. The second-order valence-electron chi connectivity index (χ2n) is 5.90. The zero-order valence-corrected chi connectivity index (χ0v) is 16.0. The van der Waals surface area contributed by atoms with E-state index >= 15 is 0 Å². The SMILES string of the molecule is C=C/C=C(\C=C/N)c1cn[nH]c1-c1cccc(NS(=O)(=O)c2cncn2C)c1. The molecule has 2 aromatic heterocycles. The smallest absolute Gasteiger partial charge is 0.279 e. The molecule has 1 aromatic carbocycles. The molecular weight excluding hydrogens is 376 g/mol. The van der Waals surface area contributed by atoms with Crippen LogP contribution >= 0.6 is 0 Å². The van der Waals surface area contributed by atoms with Gasteiger partial charge in [-0.05, 0) is 30.0 Å². The number of nitrogens with one attached hydrogen (secondary N) is 2. The first-order valence-electron chi connectivity index (χ1n) is 8.30. The number of nitrogens with zero attached hydrogens (tertiary/aromatic N) is 3. The Bertz CT molecular complexity index is 1150. The Hall–Kier alpha value is -3.59. The lowest BCUT2D eigenvalue weighted by molar-refractivity contribution is 0.591. The maximum Gasteiger partial charge on any atom is 0.279 e. The van der Waals surface area contributed by atoms with Gasteiger partial charge in [0.1, 0.15) is 0 Å². The number of allylic oxidation sites excluding steroid dienone is 4. The van der Waals surface area contributed by atoms with Gasteiger partial charge in [-0.15, -0.1) is 0 Å². The van der Waals surface area contributed by atoms with Gasteiger partial charge < -0.3 is 10.3 Å². The molecule has 3 rings (SSSR count). The summed E-state index contributed by atoms with van der Waals surface area (Å²) in [6.45, 7) is 3.72. The summed E-state index contributed by atoms with van der Waals surface area (Å²) in [5, 5.41) is 7.14. The number of benzene rings is 1.